The van der Waals surface area contributed by atoms with Crippen LogP contribution in [0, 0.1) is 0 Å². The lowest BCUT2D eigenvalue weighted by molar-refractivity contribution is 0.0499. The highest BCUT2D eigenvalue weighted by atomic mass is 35.5. The predicted octanol–water partition coefficient (Wildman–Crippen LogP) is 6.15. The van der Waals surface area contributed by atoms with Gasteiger partial charge in [0.25, 0.3) is 5.91 Å². The molecule has 0 saturated carbocycles. The summed E-state index contributed by atoms with van der Waals surface area (Å²) in [5.74, 6) is -0.858. The average Bonchev–Trinajstić information content (AvgIpc) is 3.17. The zero-order chi connectivity index (χ0) is 24.5. The Morgan fingerprint density at radius 2 is 1.80 bits per heavy atom. The topological polar surface area (TPSA) is 76.8 Å². The molecule has 0 N–H and O–H groups in total. The van der Waals surface area contributed by atoms with Crippen molar-refractivity contribution in [3.05, 3.63) is 110 Å². The zero-order valence-electron chi connectivity index (χ0n) is 19.0. The number of carbonyl (C=O) groups is 2. The Morgan fingerprint density at radius 3 is 2.54 bits per heavy atom. The molecule has 5 rings (SSSR count). The van der Waals surface area contributed by atoms with Crippen LogP contribution in [0.1, 0.15) is 57.8 Å². The van der Waals surface area contributed by atoms with Gasteiger partial charge >= 0.3 is 5.97 Å². The van der Waals surface area contributed by atoms with Gasteiger partial charge < -0.3 is 9.15 Å². The molecule has 176 valence electrons. The monoisotopic (exact) mass is 487 g/mol. The first kappa shape index (κ1) is 22.9. The van der Waals surface area contributed by atoms with Crippen molar-refractivity contribution >= 4 is 40.1 Å². The molecule has 6 nitrogen and oxygen atoms in total. The number of hydrogen-bond donors (Lipinski definition) is 0. The van der Waals surface area contributed by atoms with E-state index < -0.39 is 17.9 Å². The number of unbranched alkanes of at least 4 members (excludes halogenated alkanes) is 1. The van der Waals surface area contributed by atoms with Gasteiger partial charge in [0.05, 0.1) is 29.2 Å². The second-order valence-corrected chi connectivity index (χ2v) is 8.78. The molecule has 35 heavy (non-hydrogen) atoms. The normalized spacial score (nSPS) is 14.9. The maximum Gasteiger partial charge on any atom is 0.338 e. The van der Waals surface area contributed by atoms with E-state index in [2.05, 4.69) is 0 Å². The third-order valence-electron chi connectivity index (χ3n) is 6.05. The van der Waals surface area contributed by atoms with Crippen molar-refractivity contribution in [3.63, 3.8) is 0 Å². The third kappa shape index (κ3) is 4.10. The largest absolute Gasteiger partial charge is 0.462 e. The van der Waals surface area contributed by atoms with Crippen LogP contribution >= 0.6 is 11.6 Å². The molecule has 0 aliphatic carbocycles. The van der Waals surface area contributed by atoms with E-state index in [0.717, 1.165) is 12.8 Å². The number of nitrogens with zero attached hydrogens (tertiary/aromatic N) is 1. The van der Waals surface area contributed by atoms with E-state index in [9.17, 15) is 14.4 Å². The molecule has 1 amide bonds. The number of rotatable bonds is 6. The number of anilines is 1. The number of ether oxygens (including phenoxy) is 1. The molecule has 0 fully saturated rings. The van der Waals surface area contributed by atoms with Gasteiger partial charge in [0.15, 0.2) is 5.43 Å². The first-order valence-corrected chi connectivity index (χ1v) is 11.8. The van der Waals surface area contributed by atoms with Crippen LogP contribution in [0.4, 0.5) is 5.69 Å². The number of hydrogen-bond acceptors (Lipinski definition) is 5. The van der Waals surface area contributed by atoms with Crippen LogP contribution in [-0.4, -0.2) is 18.5 Å². The molecule has 0 bridgehead atoms. The van der Waals surface area contributed by atoms with Gasteiger partial charge in [-0.05, 0) is 60.5 Å². The van der Waals surface area contributed by atoms with E-state index in [1.54, 1.807) is 66.7 Å². The van der Waals surface area contributed by atoms with Crippen LogP contribution in [0.2, 0.25) is 5.02 Å². The third-order valence-corrected chi connectivity index (χ3v) is 6.29. The van der Waals surface area contributed by atoms with E-state index in [1.165, 1.54) is 4.90 Å². The first-order chi connectivity index (χ1) is 17.0. The molecule has 3 aromatic carbocycles. The van der Waals surface area contributed by atoms with Gasteiger partial charge in [-0.2, -0.15) is 0 Å². The lowest BCUT2D eigenvalue weighted by Crippen LogP contribution is -2.29. The van der Waals surface area contributed by atoms with Gasteiger partial charge in [-0.15, -0.1) is 0 Å². The molecule has 4 aromatic rings. The summed E-state index contributed by atoms with van der Waals surface area (Å²) in [6, 6.07) is 19.7. The fourth-order valence-corrected chi connectivity index (χ4v) is 4.53. The molecule has 7 heteroatoms. The van der Waals surface area contributed by atoms with Gasteiger partial charge in [0, 0.05) is 10.7 Å². The highest BCUT2D eigenvalue weighted by Crippen LogP contribution is 2.41. The van der Waals surface area contributed by atoms with Crippen molar-refractivity contribution in [2.45, 2.75) is 25.8 Å². The molecule has 1 aromatic heterocycles. The minimum absolute atomic E-state index is 0.00160. The molecule has 1 atom stereocenters. The average molecular weight is 488 g/mol. The summed E-state index contributed by atoms with van der Waals surface area (Å²) in [5.41, 5.74) is 1.92. The van der Waals surface area contributed by atoms with E-state index in [4.69, 9.17) is 20.8 Å². The summed E-state index contributed by atoms with van der Waals surface area (Å²) in [6.45, 7) is 2.38. The van der Waals surface area contributed by atoms with Crippen LogP contribution in [0.3, 0.4) is 0 Å². The Balaban J connectivity index is 1.61. The molecule has 1 aliphatic heterocycles. The summed E-state index contributed by atoms with van der Waals surface area (Å²) in [5, 5.41) is 0.886. The molecule has 1 unspecified atom stereocenters. The minimum Gasteiger partial charge on any atom is -0.462 e. The predicted molar refractivity (Wildman–Crippen MR) is 134 cm³/mol. The standard InChI is InChI=1S/C28H22ClNO5/c1-2-3-15-34-28(33)17-11-13-20(14-12-17)30-24(18-7-6-8-19(29)16-18)23-25(31)21-9-4-5-10-22(21)35-26(23)27(30)32/h4-14,16,24H,2-3,15H2,1H3. The lowest BCUT2D eigenvalue weighted by atomic mass is 9.98. The lowest BCUT2D eigenvalue weighted by Gasteiger charge is -2.25. The molecule has 2 heterocycles. The Hall–Kier alpha value is -3.90. The summed E-state index contributed by atoms with van der Waals surface area (Å²) in [4.78, 5) is 41.0. The second-order valence-electron chi connectivity index (χ2n) is 8.34. The van der Waals surface area contributed by atoms with Crippen LogP contribution in [0.5, 0.6) is 0 Å². The van der Waals surface area contributed by atoms with Crippen molar-refractivity contribution in [2.75, 3.05) is 11.5 Å². The van der Waals surface area contributed by atoms with Crippen molar-refractivity contribution in [1.82, 2.24) is 0 Å². The van der Waals surface area contributed by atoms with Gasteiger partial charge in [0.2, 0.25) is 5.76 Å². The number of halogens is 1. The Labute approximate surface area is 206 Å². The quantitative estimate of drug-likeness (QED) is 0.241. The molecular formula is C28H22ClNO5. The van der Waals surface area contributed by atoms with E-state index in [1.807, 2.05) is 13.0 Å². The van der Waals surface area contributed by atoms with Gasteiger partial charge in [-0.1, -0.05) is 49.2 Å². The second kappa shape index (κ2) is 9.39. The number of fused-ring (bicyclic) bond motifs is 2. The van der Waals surface area contributed by atoms with Crippen molar-refractivity contribution < 1.29 is 18.7 Å². The smallest absolute Gasteiger partial charge is 0.338 e. The Morgan fingerprint density at radius 1 is 1.03 bits per heavy atom. The Kier molecular flexibility index (Phi) is 6.14. The molecule has 0 saturated heterocycles. The highest BCUT2D eigenvalue weighted by molar-refractivity contribution is 6.30. The van der Waals surface area contributed by atoms with Gasteiger partial charge in [0.1, 0.15) is 5.58 Å². The highest BCUT2D eigenvalue weighted by Gasteiger charge is 2.43. The first-order valence-electron chi connectivity index (χ1n) is 11.4. The Bertz CT molecular complexity index is 1490. The number of benzene rings is 3. The molecule has 0 radical (unpaired) electrons. The number of esters is 1. The number of carbonyl (C=O) groups excluding carboxylic acids is 2. The maximum absolute atomic E-state index is 13.6. The molecule has 1 aliphatic rings. The SMILES string of the molecule is CCCCOC(=O)c1ccc(N2C(=O)c3oc4ccccc4c(=O)c3C2c2cccc(Cl)c2)cc1. The summed E-state index contributed by atoms with van der Waals surface area (Å²) >= 11 is 6.27. The van der Waals surface area contributed by atoms with Gasteiger partial charge in [-0.3, -0.25) is 14.5 Å². The summed E-state index contributed by atoms with van der Waals surface area (Å²) < 4.78 is 11.2. The van der Waals surface area contributed by atoms with Crippen molar-refractivity contribution in [3.8, 4) is 0 Å². The van der Waals surface area contributed by atoms with Crippen LogP contribution in [0.15, 0.2) is 82.0 Å². The molecular weight excluding hydrogens is 466 g/mol. The van der Waals surface area contributed by atoms with Crippen LogP contribution in [0.25, 0.3) is 11.0 Å². The molecule has 0 spiro atoms. The van der Waals surface area contributed by atoms with Crippen LogP contribution in [-0.2, 0) is 4.74 Å². The van der Waals surface area contributed by atoms with E-state index in [0.29, 0.717) is 39.4 Å². The summed E-state index contributed by atoms with van der Waals surface area (Å²) in [7, 11) is 0. The van der Waals surface area contributed by atoms with Crippen molar-refractivity contribution in [1.29, 1.82) is 0 Å². The van der Waals surface area contributed by atoms with Gasteiger partial charge in [-0.25, -0.2) is 4.79 Å². The van der Waals surface area contributed by atoms with Crippen LogP contribution < -0.4 is 10.3 Å². The maximum atomic E-state index is 13.6. The number of amides is 1. The fourth-order valence-electron chi connectivity index (χ4n) is 4.33. The minimum atomic E-state index is -0.737. The fraction of sp³-hybridized carbons (Fsp3) is 0.179. The van der Waals surface area contributed by atoms with E-state index in [-0.39, 0.29) is 16.8 Å². The zero-order valence-corrected chi connectivity index (χ0v) is 19.7. The number of para-hydroxylation sites is 1. The van der Waals surface area contributed by atoms with E-state index >= 15 is 0 Å². The summed E-state index contributed by atoms with van der Waals surface area (Å²) in [6.07, 6.45) is 1.72. The van der Waals surface area contributed by atoms with Crippen molar-refractivity contribution in [2.24, 2.45) is 0 Å².